The number of nitrogens with zero attached hydrogens (tertiary/aromatic N) is 3. The molecule has 16 heavy (non-hydrogen) atoms. The van der Waals surface area contributed by atoms with Gasteiger partial charge < -0.3 is 10.6 Å². The summed E-state index contributed by atoms with van der Waals surface area (Å²) in [5, 5.41) is 9.07. The zero-order valence-electron chi connectivity index (χ0n) is 8.86. The second kappa shape index (κ2) is 4.81. The molecular formula is C11H13BrN4. The summed E-state index contributed by atoms with van der Waals surface area (Å²) >= 11 is 3.32. The fraction of sp³-hybridized carbons (Fsp3) is 0.455. The van der Waals surface area contributed by atoms with E-state index in [1.807, 2.05) is 0 Å². The van der Waals surface area contributed by atoms with Gasteiger partial charge in [-0.25, -0.2) is 4.98 Å². The van der Waals surface area contributed by atoms with Crippen molar-refractivity contribution >= 4 is 21.7 Å². The lowest BCUT2D eigenvalue weighted by Gasteiger charge is -2.32. The molecule has 5 heteroatoms. The number of rotatable bonds is 1. The van der Waals surface area contributed by atoms with Gasteiger partial charge in [0.2, 0.25) is 0 Å². The Morgan fingerprint density at radius 3 is 3.12 bits per heavy atom. The third-order valence-corrected chi connectivity index (χ3v) is 3.14. The predicted octanol–water partition coefficient (Wildman–Crippen LogP) is 1.64. The van der Waals surface area contributed by atoms with Crippen molar-refractivity contribution in [3.05, 3.63) is 22.3 Å². The molecule has 2 rings (SSSR count). The average Bonchev–Trinajstić information content (AvgIpc) is 2.28. The fourth-order valence-electron chi connectivity index (χ4n) is 1.97. The molecule has 0 radical (unpaired) electrons. The largest absolute Gasteiger partial charge is 0.354 e. The first-order chi connectivity index (χ1) is 7.70. The van der Waals surface area contributed by atoms with Gasteiger partial charge in [-0.15, -0.1) is 0 Å². The molecular weight excluding hydrogens is 268 g/mol. The number of piperidine rings is 1. The summed E-state index contributed by atoms with van der Waals surface area (Å²) in [6.07, 6.45) is 3.83. The summed E-state index contributed by atoms with van der Waals surface area (Å²) in [5.74, 6) is 0.751. The minimum Gasteiger partial charge on any atom is -0.354 e. The molecule has 1 aromatic rings. The van der Waals surface area contributed by atoms with Crippen LogP contribution >= 0.6 is 15.9 Å². The van der Waals surface area contributed by atoms with Crippen LogP contribution in [0.5, 0.6) is 0 Å². The van der Waals surface area contributed by atoms with Crippen molar-refractivity contribution in [2.45, 2.75) is 18.9 Å². The summed E-state index contributed by atoms with van der Waals surface area (Å²) in [6, 6.07) is 4.15. The third kappa shape index (κ3) is 2.34. The van der Waals surface area contributed by atoms with Crippen LogP contribution in [0.15, 0.2) is 16.7 Å². The summed E-state index contributed by atoms with van der Waals surface area (Å²) in [4.78, 5) is 6.40. The molecule has 1 atom stereocenters. The van der Waals surface area contributed by atoms with Crippen molar-refractivity contribution in [3.8, 4) is 6.07 Å². The van der Waals surface area contributed by atoms with Crippen molar-refractivity contribution < 1.29 is 0 Å². The Balaban J connectivity index is 2.29. The number of hydrogen-bond donors (Lipinski definition) is 1. The van der Waals surface area contributed by atoms with Crippen LogP contribution in [0.1, 0.15) is 18.4 Å². The highest BCUT2D eigenvalue weighted by Gasteiger charge is 2.20. The first kappa shape index (κ1) is 11.4. The Morgan fingerprint density at radius 2 is 2.44 bits per heavy atom. The fourth-order valence-corrected chi connectivity index (χ4v) is 2.30. The number of hydrogen-bond acceptors (Lipinski definition) is 4. The second-order valence-corrected chi connectivity index (χ2v) is 4.90. The maximum absolute atomic E-state index is 9.07. The van der Waals surface area contributed by atoms with E-state index in [-0.39, 0.29) is 6.04 Å². The zero-order valence-corrected chi connectivity index (χ0v) is 10.4. The van der Waals surface area contributed by atoms with Crippen molar-refractivity contribution in [2.24, 2.45) is 5.73 Å². The van der Waals surface area contributed by atoms with E-state index >= 15 is 0 Å². The molecule has 2 heterocycles. The quantitative estimate of drug-likeness (QED) is 0.850. The van der Waals surface area contributed by atoms with E-state index in [9.17, 15) is 0 Å². The van der Waals surface area contributed by atoms with Gasteiger partial charge >= 0.3 is 0 Å². The molecule has 1 aliphatic heterocycles. The van der Waals surface area contributed by atoms with E-state index in [4.69, 9.17) is 11.0 Å². The second-order valence-electron chi connectivity index (χ2n) is 3.98. The lowest BCUT2D eigenvalue weighted by molar-refractivity contribution is 0.503. The van der Waals surface area contributed by atoms with Gasteiger partial charge in [0.05, 0.1) is 5.56 Å². The Kier molecular flexibility index (Phi) is 3.42. The van der Waals surface area contributed by atoms with Gasteiger partial charge in [-0.05, 0) is 34.8 Å². The highest BCUT2D eigenvalue weighted by molar-refractivity contribution is 9.10. The van der Waals surface area contributed by atoms with E-state index in [0.29, 0.717) is 5.56 Å². The average molecular weight is 281 g/mol. The van der Waals surface area contributed by atoms with Gasteiger partial charge in [0, 0.05) is 29.8 Å². The Hall–Kier alpha value is -1.12. The van der Waals surface area contributed by atoms with Crippen molar-refractivity contribution in [2.75, 3.05) is 18.0 Å². The molecule has 0 bridgehead atoms. The smallest absolute Gasteiger partial charge is 0.146 e. The summed E-state index contributed by atoms with van der Waals surface area (Å²) in [5.41, 5.74) is 6.52. The highest BCUT2D eigenvalue weighted by Crippen LogP contribution is 2.23. The van der Waals surface area contributed by atoms with E-state index in [2.05, 4.69) is 31.9 Å². The van der Waals surface area contributed by atoms with Crippen LogP contribution in [0.3, 0.4) is 0 Å². The molecule has 1 aliphatic rings. The monoisotopic (exact) mass is 280 g/mol. The van der Waals surface area contributed by atoms with Crippen LogP contribution in [0.25, 0.3) is 0 Å². The van der Waals surface area contributed by atoms with Crippen molar-refractivity contribution in [1.29, 1.82) is 5.26 Å². The summed E-state index contributed by atoms with van der Waals surface area (Å²) < 4.78 is 0.828. The third-order valence-electron chi connectivity index (χ3n) is 2.71. The zero-order chi connectivity index (χ0) is 11.5. The molecule has 0 amide bonds. The van der Waals surface area contributed by atoms with Gasteiger partial charge in [-0.1, -0.05) is 0 Å². The lowest BCUT2D eigenvalue weighted by Crippen LogP contribution is -2.43. The van der Waals surface area contributed by atoms with E-state index in [1.165, 1.54) is 0 Å². The number of nitrogens with two attached hydrogens (primary N) is 1. The molecule has 2 N–H and O–H groups in total. The topological polar surface area (TPSA) is 65.9 Å². The molecule has 0 aromatic carbocycles. The van der Waals surface area contributed by atoms with Crippen LogP contribution in [-0.4, -0.2) is 24.1 Å². The standard InChI is InChI=1S/C11H13BrN4/c12-9-4-8(5-13)11(15-6-9)16-3-1-2-10(14)7-16/h4,6,10H,1-3,7,14H2. The maximum Gasteiger partial charge on any atom is 0.146 e. The summed E-state index contributed by atoms with van der Waals surface area (Å²) in [7, 11) is 0. The number of anilines is 1. The molecule has 0 saturated carbocycles. The highest BCUT2D eigenvalue weighted by atomic mass is 79.9. The lowest BCUT2D eigenvalue weighted by atomic mass is 10.1. The van der Waals surface area contributed by atoms with E-state index in [1.54, 1.807) is 12.3 Å². The van der Waals surface area contributed by atoms with Crippen molar-refractivity contribution in [3.63, 3.8) is 0 Å². The molecule has 1 aromatic heterocycles. The number of aromatic nitrogens is 1. The van der Waals surface area contributed by atoms with Gasteiger partial charge in [0.1, 0.15) is 11.9 Å². The van der Waals surface area contributed by atoms with Gasteiger partial charge in [0.25, 0.3) is 0 Å². The SMILES string of the molecule is N#Cc1cc(Br)cnc1N1CCCC(N)C1. The van der Waals surface area contributed by atoms with Crippen LogP contribution in [0.2, 0.25) is 0 Å². The molecule has 0 aliphatic carbocycles. The molecule has 1 fully saturated rings. The minimum atomic E-state index is 0.186. The van der Waals surface area contributed by atoms with Gasteiger partial charge in [0.15, 0.2) is 0 Å². The summed E-state index contributed by atoms with van der Waals surface area (Å²) in [6.45, 7) is 1.71. The first-order valence-corrected chi connectivity index (χ1v) is 6.06. The molecule has 0 spiro atoms. The Morgan fingerprint density at radius 1 is 1.62 bits per heavy atom. The Labute approximate surface area is 103 Å². The van der Waals surface area contributed by atoms with E-state index in [0.717, 1.165) is 36.2 Å². The van der Waals surface area contributed by atoms with Crippen molar-refractivity contribution in [1.82, 2.24) is 4.98 Å². The van der Waals surface area contributed by atoms with Crippen LogP contribution in [0.4, 0.5) is 5.82 Å². The first-order valence-electron chi connectivity index (χ1n) is 5.27. The maximum atomic E-state index is 9.07. The van der Waals surface area contributed by atoms with Crippen LogP contribution in [-0.2, 0) is 0 Å². The van der Waals surface area contributed by atoms with Gasteiger partial charge in [-0.3, -0.25) is 0 Å². The van der Waals surface area contributed by atoms with E-state index < -0.39 is 0 Å². The minimum absolute atomic E-state index is 0.186. The number of nitriles is 1. The molecule has 84 valence electrons. The van der Waals surface area contributed by atoms with Crippen LogP contribution in [0, 0.1) is 11.3 Å². The van der Waals surface area contributed by atoms with Crippen LogP contribution < -0.4 is 10.6 Å². The normalized spacial score (nSPS) is 20.6. The molecule has 1 saturated heterocycles. The number of pyridine rings is 1. The number of halogens is 1. The Bertz CT molecular complexity index is 426. The van der Waals surface area contributed by atoms with Gasteiger partial charge in [-0.2, -0.15) is 5.26 Å². The molecule has 1 unspecified atom stereocenters. The predicted molar refractivity (Wildman–Crippen MR) is 66.1 cm³/mol. The molecule has 4 nitrogen and oxygen atoms in total.